The molecule has 4 heteroatoms. The van der Waals surface area contributed by atoms with Crippen LogP contribution in [0, 0.1) is 6.92 Å². The third kappa shape index (κ3) is 3.20. The van der Waals surface area contributed by atoms with Crippen LogP contribution in [0.3, 0.4) is 0 Å². The van der Waals surface area contributed by atoms with Gasteiger partial charge in [0.25, 0.3) is 0 Å². The van der Waals surface area contributed by atoms with Crippen LogP contribution in [0.1, 0.15) is 47.2 Å². The van der Waals surface area contributed by atoms with Gasteiger partial charge in [0.05, 0.1) is 5.01 Å². The van der Waals surface area contributed by atoms with Gasteiger partial charge in [0.1, 0.15) is 5.75 Å². The van der Waals surface area contributed by atoms with Crippen molar-refractivity contribution in [3.8, 4) is 5.75 Å². The number of hydrogen-bond donors (Lipinski definition) is 0. The summed E-state index contributed by atoms with van der Waals surface area (Å²) in [6.07, 6.45) is 1.00. The van der Waals surface area contributed by atoms with Crippen molar-refractivity contribution in [2.45, 2.75) is 33.1 Å². The number of carbonyl (C=O) groups is 1. The summed E-state index contributed by atoms with van der Waals surface area (Å²) in [7, 11) is 0. The summed E-state index contributed by atoms with van der Waals surface area (Å²) in [6, 6.07) is 7.67. The van der Waals surface area contributed by atoms with Crippen LogP contribution in [-0.2, 0) is 0 Å². The smallest absolute Gasteiger partial charge is 0.363 e. The van der Waals surface area contributed by atoms with E-state index in [2.05, 4.69) is 18.8 Å². The minimum Gasteiger partial charge on any atom is -0.421 e. The lowest BCUT2D eigenvalue weighted by molar-refractivity contribution is 0.0727. The molecular formula is C15H17NO2S. The Morgan fingerprint density at radius 2 is 2.16 bits per heavy atom. The van der Waals surface area contributed by atoms with Gasteiger partial charge in [-0.2, -0.15) is 0 Å². The molecule has 0 aliphatic carbocycles. The monoisotopic (exact) mass is 275 g/mol. The van der Waals surface area contributed by atoms with E-state index in [1.165, 1.54) is 11.3 Å². The third-order valence-corrected chi connectivity index (χ3v) is 3.87. The highest BCUT2D eigenvalue weighted by molar-refractivity contribution is 7.09. The van der Waals surface area contributed by atoms with Gasteiger partial charge in [-0.15, -0.1) is 11.3 Å². The summed E-state index contributed by atoms with van der Waals surface area (Å²) in [5, 5.41) is 2.59. The maximum atomic E-state index is 12.0. The standard InChI is InChI=1S/C15H17NO2S/c1-4-10(2)12-7-5-6-8-14(12)18-15(17)13-9-19-11(3)16-13/h5-10H,4H2,1-3H3. The first-order chi connectivity index (χ1) is 9.11. The molecular weight excluding hydrogens is 258 g/mol. The number of nitrogens with zero attached hydrogens (tertiary/aromatic N) is 1. The minimum absolute atomic E-state index is 0.362. The van der Waals surface area contributed by atoms with Gasteiger partial charge in [0.2, 0.25) is 0 Å². The van der Waals surface area contributed by atoms with Crippen LogP contribution in [0.15, 0.2) is 29.6 Å². The van der Waals surface area contributed by atoms with E-state index in [4.69, 9.17) is 4.74 Å². The van der Waals surface area contributed by atoms with E-state index in [0.717, 1.165) is 17.0 Å². The average molecular weight is 275 g/mol. The van der Waals surface area contributed by atoms with Crippen LogP contribution >= 0.6 is 11.3 Å². The molecule has 0 spiro atoms. The zero-order valence-electron chi connectivity index (χ0n) is 11.3. The van der Waals surface area contributed by atoms with Crippen LogP contribution in [0.4, 0.5) is 0 Å². The van der Waals surface area contributed by atoms with E-state index in [1.807, 2.05) is 31.2 Å². The highest BCUT2D eigenvalue weighted by atomic mass is 32.1. The third-order valence-electron chi connectivity index (χ3n) is 3.09. The van der Waals surface area contributed by atoms with E-state index >= 15 is 0 Å². The molecule has 1 aromatic carbocycles. The normalized spacial score (nSPS) is 12.2. The van der Waals surface area contributed by atoms with Crippen molar-refractivity contribution in [3.63, 3.8) is 0 Å². The first-order valence-electron chi connectivity index (χ1n) is 6.35. The fourth-order valence-corrected chi connectivity index (χ4v) is 2.39. The van der Waals surface area contributed by atoms with Crippen LogP contribution in [0.5, 0.6) is 5.75 Å². The first-order valence-corrected chi connectivity index (χ1v) is 7.23. The lowest BCUT2D eigenvalue weighted by atomic mass is 9.98. The molecule has 0 bridgehead atoms. The highest BCUT2D eigenvalue weighted by Gasteiger charge is 2.16. The zero-order valence-corrected chi connectivity index (χ0v) is 12.2. The van der Waals surface area contributed by atoms with Gasteiger partial charge in [0, 0.05) is 5.38 Å². The van der Waals surface area contributed by atoms with Crippen LogP contribution in [0.2, 0.25) is 0 Å². The molecule has 3 nitrogen and oxygen atoms in total. The summed E-state index contributed by atoms with van der Waals surface area (Å²) < 4.78 is 5.47. The van der Waals surface area contributed by atoms with Gasteiger partial charge < -0.3 is 4.74 Å². The van der Waals surface area contributed by atoms with E-state index in [9.17, 15) is 4.79 Å². The molecule has 100 valence electrons. The number of para-hydroxylation sites is 1. The zero-order chi connectivity index (χ0) is 13.8. The Balaban J connectivity index is 2.21. The number of hydrogen-bond acceptors (Lipinski definition) is 4. The second-order valence-electron chi connectivity index (χ2n) is 4.49. The van der Waals surface area contributed by atoms with Crippen LogP contribution in [-0.4, -0.2) is 11.0 Å². The van der Waals surface area contributed by atoms with E-state index in [0.29, 0.717) is 17.4 Å². The SMILES string of the molecule is CCC(C)c1ccccc1OC(=O)c1csc(C)n1. The number of esters is 1. The van der Waals surface area contributed by atoms with Crippen molar-refractivity contribution < 1.29 is 9.53 Å². The number of benzene rings is 1. The molecule has 1 heterocycles. The Labute approximate surface area is 117 Å². The summed E-state index contributed by atoms with van der Waals surface area (Å²) in [6.45, 7) is 6.11. The van der Waals surface area contributed by atoms with Crippen LogP contribution < -0.4 is 4.74 Å². The van der Waals surface area contributed by atoms with Crippen molar-refractivity contribution >= 4 is 17.3 Å². The van der Waals surface area contributed by atoms with E-state index in [1.54, 1.807) is 5.38 Å². The first kappa shape index (κ1) is 13.7. The average Bonchev–Trinajstić information content (AvgIpc) is 2.85. The van der Waals surface area contributed by atoms with Gasteiger partial charge in [-0.05, 0) is 30.9 Å². The van der Waals surface area contributed by atoms with Gasteiger partial charge in [-0.1, -0.05) is 32.0 Å². The van der Waals surface area contributed by atoms with Gasteiger partial charge in [0.15, 0.2) is 5.69 Å². The number of ether oxygens (including phenoxy) is 1. The molecule has 0 N–H and O–H groups in total. The van der Waals surface area contributed by atoms with Crippen molar-refractivity contribution in [2.24, 2.45) is 0 Å². The Bertz CT molecular complexity index is 577. The molecule has 0 fully saturated rings. The summed E-state index contributed by atoms with van der Waals surface area (Å²) in [5.41, 5.74) is 1.44. The van der Waals surface area contributed by atoms with Crippen molar-refractivity contribution in [2.75, 3.05) is 0 Å². The molecule has 1 atom stereocenters. The van der Waals surface area contributed by atoms with Crippen molar-refractivity contribution in [1.29, 1.82) is 0 Å². The number of aryl methyl sites for hydroxylation is 1. The van der Waals surface area contributed by atoms with Crippen molar-refractivity contribution in [3.05, 3.63) is 45.9 Å². The van der Waals surface area contributed by atoms with Gasteiger partial charge in [-0.3, -0.25) is 0 Å². The summed E-state index contributed by atoms with van der Waals surface area (Å²) >= 11 is 1.45. The predicted molar refractivity (Wildman–Crippen MR) is 77.0 cm³/mol. The molecule has 1 unspecified atom stereocenters. The quantitative estimate of drug-likeness (QED) is 0.620. The molecule has 0 aliphatic heterocycles. The fraction of sp³-hybridized carbons (Fsp3) is 0.333. The number of aromatic nitrogens is 1. The Morgan fingerprint density at radius 1 is 1.42 bits per heavy atom. The topological polar surface area (TPSA) is 39.2 Å². The summed E-state index contributed by atoms with van der Waals surface area (Å²) in [5.74, 6) is 0.605. The maximum absolute atomic E-state index is 12.0. The van der Waals surface area contributed by atoms with Gasteiger partial charge >= 0.3 is 5.97 Å². The van der Waals surface area contributed by atoms with Crippen LogP contribution in [0.25, 0.3) is 0 Å². The maximum Gasteiger partial charge on any atom is 0.363 e. The molecule has 0 amide bonds. The second-order valence-corrected chi connectivity index (χ2v) is 5.55. The minimum atomic E-state index is -0.389. The summed E-state index contributed by atoms with van der Waals surface area (Å²) in [4.78, 5) is 16.2. The molecule has 0 saturated carbocycles. The van der Waals surface area contributed by atoms with Crippen molar-refractivity contribution in [1.82, 2.24) is 4.98 Å². The number of thiazole rings is 1. The highest BCUT2D eigenvalue weighted by Crippen LogP contribution is 2.29. The number of carbonyl (C=O) groups excluding carboxylic acids is 1. The molecule has 19 heavy (non-hydrogen) atoms. The molecule has 1 aromatic heterocycles. The van der Waals surface area contributed by atoms with Gasteiger partial charge in [-0.25, -0.2) is 9.78 Å². The second kappa shape index (κ2) is 5.97. The molecule has 2 rings (SSSR count). The molecule has 0 aliphatic rings. The van der Waals surface area contributed by atoms with E-state index in [-0.39, 0.29) is 5.97 Å². The predicted octanol–water partition coefficient (Wildman–Crippen LogP) is 4.18. The lowest BCUT2D eigenvalue weighted by Gasteiger charge is -2.13. The largest absolute Gasteiger partial charge is 0.421 e. The molecule has 0 saturated heterocycles. The Morgan fingerprint density at radius 3 is 2.79 bits per heavy atom. The molecule has 0 radical (unpaired) electrons. The number of rotatable bonds is 4. The van der Waals surface area contributed by atoms with E-state index < -0.39 is 0 Å². The Hall–Kier alpha value is -1.68. The lowest BCUT2D eigenvalue weighted by Crippen LogP contribution is -2.11. The Kier molecular flexibility index (Phi) is 4.32. The molecule has 2 aromatic rings. The fourth-order valence-electron chi connectivity index (χ4n) is 1.81.